The molecule has 0 aliphatic carbocycles. The van der Waals surface area contributed by atoms with Gasteiger partial charge in [0, 0.05) is 134 Å². The van der Waals surface area contributed by atoms with Crippen molar-refractivity contribution < 1.29 is 4.42 Å². The van der Waals surface area contributed by atoms with E-state index in [0.29, 0.717) is 0 Å². The molecule has 21 aromatic carbocycles. The summed E-state index contributed by atoms with van der Waals surface area (Å²) in [6.45, 7) is 0. The minimum atomic E-state index is 0.908. The van der Waals surface area contributed by atoms with Gasteiger partial charge in [-0.05, 0) is 228 Å². The van der Waals surface area contributed by atoms with Crippen LogP contribution in [0.2, 0.25) is 0 Å². The fourth-order valence-electron chi connectivity index (χ4n) is 21.9. The molecule has 9 heteroatoms. The van der Waals surface area contributed by atoms with Crippen molar-refractivity contribution in [2.24, 2.45) is 0 Å². The van der Waals surface area contributed by atoms with Crippen molar-refractivity contribution in [3.05, 3.63) is 473 Å². The molecule has 0 saturated carbocycles. The molecule has 0 aliphatic heterocycles. The zero-order valence-electron chi connectivity index (χ0n) is 72.9. The number of hydrogen-bond acceptors (Lipinski definition) is 3. The van der Waals surface area contributed by atoms with Crippen LogP contribution >= 0.6 is 22.7 Å². The smallest absolute Gasteiger partial charge is 0.159 e. The second kappa shape index (κ2) is 30.6. The molecule has 0 unspecified atom stereocenters. The van der Waals surface area contributed by atoms with E-state index in [1.807, 2.05) is 34.8 Å². The molecule has 135 heavy (non-hydrogen) atoms. The van der Waals surface area contributed by atoms with Crippen molar-refractivity contribution in [3.8, 4) is 67.5 Å². The molecule has 9 heterocycles. The maximum atomic E-state index is 6.49. The van der Waals surface area contributed by atoms with Crippen molar-refractivity contribution in [1.29, 1.82) is 0 Å². The number of rotatable bonds is 9. The molecule has 30 rings (SSSR count). The van der Waals surface area contributed by atoms with E-state index in [9.17, 15) is 0 Å². The molecular weight excluding hydrogens is 1680 g/mol. The van der Waals surface area contributed by atoms with Crippen LogP contribution in [-0.4, -0.2) is 27.4 Å². The minimum Gasteiger partial charge on any atom is -0.454 e. The third-order valence-corrected chi connectivity index (χ3v) is 30.3. The van der Waals surface area contributed by atoms with Crippen LogP contribution in [0.25, 0.3) is 261 Å². The van der Waals surface area contributed by atoms with Crippen molar-refractivity contribution >= 4 is 216 Å². The quantitative estimate of drug-likeness (QED) is 0.142. The van der Waals surface area contributed by atoms with Crippen molar-refractivity contribution in [2.75, 3.05) is 0 Å². The van der Waals surface area contributed by atoms with E-state index < -0.39 is 0 Å². The van der Waals surface area contributed by atoms with E-state index in [2.05, 4.69) is 488 Å². The number of thiophene rings is 2. The highest BCUT2D eigenvalue weighted by Gasteiger charge is 2.25. The summed E-state index contributed by atoms with van der Waals surface area (Å²) in [6, 6.07) is 172. The van der Waals surface area contributed by atoms with Gasteiger partial charge in [0.25, 0.3) is 0 Å². The van der Waals surface area contributed by atoms with Crippen LogP contribution in [0.15, 0.2) is 478 Å². The summed E-state index contributed by atoms with van der Waals surface area (Å²) >= 11 is 3.75. The highest BCUT2D eigenvalue weighted by Crippen LogP contribution is 2.48. The molecular formula is C126H78N6OS2. The van der Waals surface area contributed by atoms with Gasteiger partial charge < -0.3 is 31.8 Å². The van der Waals surface area contributed by atoms with Gasteiger partial charge in [0.1, 0.15) is 5.58 Å². The molecule has 0 aliphatic rings. The number of benzene rings is 21. The van der Waals surface area contributed by atoms with Gasteiger partial charge in [-0.2, -0.15) is 0 Å². The van der Waals surface area contributed by atoms with E-state index in [0.717, 1.165) is 33.1 Å². The maximum Gasteiger partial charge on any atom is 0.159 e. The Labute approximate surface area is 782 Å². The predicted octanol–water partition coefficient (Wildman–Crippen LogP) is 35.3. The monoisotopic (exact) mass is 1750 g/mol. The van der Waals surface area contributed by atoms with E-state index in [4.69, 9.17) is 4.42 Å². The minimum absolute atomic E-state index is 0.908. The van der Waals surface area contributed by atoms with Gasteiger partial charge in [0.15, 0.2) is 5.58 Å². The Morgan fingerprint density at radius 2 is 0.422 bits per heavy atom. The van der Waals surface area contributed by atoms with E-state index in [1.165, 1.54) is 227 Å². The fourth-order valence-corrected chi connectivity index (χ4v) is 24.2. The first-order valence-corrected chi connectivity index (χ1v) is 47.7. The Hall–Kier alpha value is -17.3. The van der Waals surface area contributed by atoms with Crippen LogP contribution in [0, 0.1) is 0 Å². The molecule has 0 saturated heterocycles. The molecule has 630 valence electrons. The van der Waals surface area contributed by atoms with E-state index in [-0.39, 0.29) is 0 Å². The largest absolute Gasteiger partial charge is 0.454 e. The van der Waals surface area contributed by atoms with Gasteiger partial charge in [-0.15, -0.1) is 22.7 Å². The van der Waals surface area contributed by atoms with Gasteiger partial charge >= 0.3 is 0 Å². The van der Waals surface area contributed by atoms with Crippen LogP contribution < -0.4 is 0 Å². The molecule has 7 nitrogen and oxygen atoms in total. The Bertz CT molecular complexity index is 9710. The van der Waals surface area contributed by atoms with Crippen LogP contribution in [-0.2, 0) is 0 Å². The Morgan fingerprint density at radius 1 is 0.148 bits per heavy atom. The number of aromatic nitrogens is 6. The number of hydrogen-bond donors (Lipinski definition) is 0. The van der Waals surface area contributed by atoms with Crippen LogP contribution in [0.3, 0.4) is 0 Å². The van der Waals surface area contributed by atoms with Crippen molar-refractivity contribution in [3.63, 3.8) is 0 Å². The van der Waals surface area contributed by atoms with Crippen LogP contribution in [0.4, 0.5) is 0 Å². The molecule has 0 fully saturated rings. The van der Waals surface area contributed by atoms with Crippen molar-refractivity contribution in [1.82, 2.24) is 27.4 Å². The zero-order valence-corrected chi connectivity index (χ0v) is 74.6. The fraction of sp³-hybridized carbons (Fsp3) is 0. The lowest BCUT2D eigenvalue weighted by atomic mass is 10.0. The molecule has 30 aromatic rings. The molecule has 0 spiro atoms. The Kier molecular flexibility index (Phi) is 17.4. The summed E-state index contributed by atoms with van der Waals surface area (Å²) in [7, 11) is 0. The summed E-state index contributed by atoms with van der Waals surface area (Å²) < 4.78 is 26.2. The van der Waals surface area contributed by atoms with Crippen LogP contribution in [0.1, 0.15) is 0 Å². The predicted molar refractivity (Wildman–Crippen MR) is 575 cm³/mol. The number of furan rings is 1. The molecule has 9 aromatic heterocycles. The second-order valence-corrected chi connectivity index (χ2v) is 37.4. The number of nitrogens with zero attached hydrogens (tertiary/aromatic N) is 6. The molecule has 0 atom stereocenters. The maximum absolute atomic E-state index is 6.49. The summed E-state index contributed by atoms with van der Waals surface area (Å²) in [4.78, 5) is 0. The molecule has 0 amide bonds. The molecule has 0 bridgehead atoms. The summed E-state index contributed by atoms with van der Waals surface area (Å²) in [5, 5.41) is 22.7. The normalized spacial score (nSPS) is 12.0. The first kappa shape index (κ1) is 76.5. The summed E-state index contributed by atoms with van der Waals surface area (Å²) in [6.07, 6.45) is 0. The van der Waals surface area contributed by atoms with Gasteiger partial charge in [-0.25, -0.2) is 0 Å². The Balaban J connectivity index is 0.000000101. The van der Waals surface area contributed by atoms with Gasteiger partial charge in [0.05, 0.1) is 82.3 Å². The first-order valence-electron chi connectivity index (χ1n) is 46.1. The number of fused-ring (bicyclic) bond motifs is 27. The van der Waals surface area contributed by atoms with E-state index >= 15 is 0 Å². The lowest BCUT2D eigenvalue weighted by molar-refractivity contribution is 0.666. The highest BCUT2D eigenvalue weighted by atomic mass is 32.1. The first-order chi connectivity index (χ1) is 67.0. The zero-order chi connectivity index (χ0) is 88.5. The average molecular weight is 1760 g/mol. The Morgan fingerprint density at radius 3 is 0.822 bits per heavy atom. The summed E-state index contributed by atoms with van der Waals surface area (Å²) in [5.74, 6) is 0. The van der Waals surface area contributed by atoms with Crippen molar-refractivity contribution in [2.45, 2.75) is 0 Å². The SMILES string of the molecule is c1ccc(-n2c3ccccc3c3cc(-c4ccc5c(c4)c4ccccc4n5-c4ccc5sc6ccccc6c5c4)ccc32)cc1.c1ccc(-n2c3ccccc3c3cc(-c4ccc5c(c4)c4ccccc4n5-c4cccc5c4oc4ccccc45)ccc32)cc1.c1ccc(-n2c3ccccc3c3cc(-c4ccc5c(c4)c4ccccc4n5-c4cccc5c4sc4ccccc45)ccc32)cc1. The molecule has 0 N–H and O–H groups in total. The number of para-hydroxylation sites is 11. The standard InChI is InChI=1S/C42H26N2O.2C42H26N2S/c2*1-2-11-29(12-3-1)43-36-17-7-4-13-30(36)34-25-27(21-23-38(34)43)28-22-24-39-35(26-28)31-14-5-8-18-37(31)44(39)40-19-10-16-33-32-15-6-9-20-41(32)45-42(33)40;1-2-10-29(11-3-1)43-37-15-7-4-12-31(37)34-24-27(18-21-39(34)43)28-19-22-40-35(25-28)32-13-5-8-16-38(32)44(40)30-20-23-42-36(26-30)33-14-6-9-17-41(33)45-42/h3*1-26H. The lowest BCUT2D eigenvalue weighted by Crippen LogP contribution is -1.94. The summed E-state index contributed by atoms with van der Waals surface area (Å²) in [5.41, 5.74) is 30.7. The molecule has 0 radical (unpaired) electrons. The third kappa shape index (κ3) is 12.1. The van der Waals surface area contributed by atoms with E-state index in [1.54, 1.807) is 0 Å². The topological polar surface area (TPSA) is 42.7 Å². The lowest BCUT2D eigenvalue weighted by Gasteiger charge is -2.10. The van der Waals surface area contributed by atoms with Gasteiger partial charge in [0.2, 0.25) is 0 Å². The highest BCUT2D eigenvalue weighted by molar-refractivity contribution is 7.26. The van der Waals surface area contributed by atoms with Crippen LogP contribution in [0.5, 0.6) is 0 Å². The average Bonchev–Trinajstić information content (AvgIpc) is 1.57. The second-order valence-electron chi connectivity index (χ2n) is 35.3. The van der Waals surface area contributed by atoms with Gasteiger partial charge in [-0.1, -0.05) is 279 Å². The third-order valence-electron chi connectivity index (χ3n) is 27.9. The van der Waals surface area contributed by atoms with Gasteiger partial charge in [-0.3, -0.25) is 0 Å².